The van der Waals surface area contributed by atoms with Crippen LogP contribution in [0.4, 0.5) is 5.69 Å². The van der Waals surface area contributed by atoms with Crippen LogP contribution in [0.25, 0.3) is 11.1 Å². The summed E-state index contributed by atoms with van der Waals surface area (Å²) < 4.78 is 11.9. The van der Waals surface area contributed by atoms with Gasteiger partial charge in [-0.25, -0.2) is 0 Å². The molecule has 4 rings (SSSR count). The molecule has 0 fully saturated rings. The molecule has 0 aliphatic rings. The standard InChI is InChI=1S/C24H19NO2/c25-19-10-12-20(13-11-19)26-21-14-16-22(17-15-21)27-24-9-5-4-8-23(24)18-6-2-1-3-7-18/h1-17H,25H2. The number of rotatable bonds is 5. The second-order valence-corrected chi connectivity index (χ2v) is 6.11. The molecule has 0 amide bonds. The van der Waals surface area contributed by atoms with Gasteiger partial charge in [0.2, 0.25) is 0 Å². The van der Waals surface area contributed by atoms with Crippen molar-refractivity contribution in [3.05, 3.63) is 103 Å². The fourth-order valence-electron chi connectivity index (χ4n) is 2.79. The van der Waals surface area contributed by atoms with E-state index in [1.54, 1.807) is 0 Å². The zero-order valence-corrected chi connectivity index (χ0v) is 14.7. The highest BCUT2D eigenvalue weighted by Crippen LogP contribution is 2.34. The highest BCUT2D eigenvalue weighted by molar-refractivity contribution is 5.70. The maximum absolute atomic E-state index is 6.11. The largest absolute Gasteiger partial charge is 0.457 e. The number of hydrogen-bond acceptors (Lipinski definition) is 3. The molecule has 0 spiro atoms. The Balaban J connectivity index is 1.52. The molecule has 3 nitrogen and oxygen atoms in total. The molecule has 0 atom stereocenters. The summed E-state index contributed by atoms with van der Waals surface area (Å²) in [6.45, 7) is 0. The van der Waals surface area contributed by atoms with Gasteiger partial charge in [-0.15, -0.1) is 0 Å². The first-order chi connectivity index (χ1) is 13.3. The van der Waals surface area contributed by atoms with E-state index in [1.807, 2.05) is 84.9 Å². The van der Waals surface area contributed by atoms with Gasteiger partial charge in [-0.3, -0.25) is 0 Å². The molecule has 0 unspecified atom stereocenters. The van der Waals surface area contributed by atoms with E-state index >= 15 is 0 Å². The molecular weight excluding hydrogens is 334 g/mol. The van der Waals surface area contributed by atoms with E-state index in [4.69, 9.17) is 15.2 Å². The molecule has 0 aromatic heterocycles. The van der Waals surface area contributed by atoms with E-state index in [0.29, 0.717) is 5.69 Å². The van der Waals surface area contributed by atoms with Crippen molar-refractivity contribution in [2.75, 3.05) is 5.73 Å². The molecule has 4 aromatic rings. The van der Waals surface area contributed by atoms with Crippen LogP contribution in [0, 0.1) is 0 Å². The van der Waals surface area contributed by atoms with Crippen LogP contribution in [0.1, 0.15) is 0 Å². The van der Waals surface area contributed by atoms with Gasteiger partial charge in [0, 0.05) is 11.3 Å². The Morgan fingerprint density at radius 3 is 1.67 bits per heavy atom. The molecule has 0 bridgehead atoms. The summed E-state index contributed by atoms with van der Waals surface area (Å²) in [4.78, 5) is 0. The third-order valence-electron chi connectivity index (χ3n) is 4.14. The molecule has 2 N–H and O–H groups in total. The molecule has 3 heteroatoms. The predicted molar refractivity (Wildman–Crippen MR) is 109 cm³/mol. The predicted octanol–water partition coefficient (Wildman–Crippen LogP) is 6.52. The maximum Gasteiger partial charge on any atom is 0.135 e. The van der Waals surface area contributed by atoms with Gasteiger partial charge >= 0.3 is 0 Å². The summed E-state index contributed by atoms with van der Waals surface area (Å²) in [7, 11) is 0. The third kappa shape index (κ3) is 4.10. The minimum Gasteiger partial charge on any atom is -0.457 e. The summed E-state index contributed by atoms with van der Waals surface area (Å²) in [5.74, 6) is 3.05. The molecule has 0 radical (unpaired) electrons. The number of para-hydroxylation sites is 1. The van der Waals surface area contributed by atoms with Crippen molar-refractivity contribution in [3.8, 4) is 34.1 Å². The fraction of sp³-hybridized carbons (Fsp3) is 0. The summed E-state index contributed by atoms with van der Waals surface area (Å²) >= 11 is 0. The van der Waals surface area contributed by atoms with Crippen LogP contribution in [0.3, 0.4) is 0 Å². The number of anilines is 1. The van der Waals surface area contributed by atoms with Crippen LogP contribution in [0.2, 0.25) is 0 Å². The maximum atomic E-state index is 6.11. The molecule has 4 aromatic carbocycles. The van der Waals surface area contributed by atoms with Crippen molar-refractivity contribution in [1.29, 1.82) is 0 Å². The zero-order chi connectivity index (χ0) is 18.5. The van der Waals surface area contributed by atoms with E-state index in [2.05, 4.69) is 18.2 Å². The van der Waals surface area contributed by atoms with Gasteiger partial charge in [0.05, 0.1) is 0 Å². The highest BCUT2D eigenvalue weighted by Gasteiger charge is 2.07. The molecule has 0 heterocycles. The van der Waals surface area contributed by atoms with Crippen LogP contribution in [-0.2, 0) is 0 Å². The van der Waals surface area contributed by atoms with Crippen LogP contribution >= 0.6 is 0 Å². The van der Waals surface area contributed by atoms with Crippen molar-refractivity contribution in [2.24, 2.45) is 0 Å². The minimum atomic E-state index is 0.711. The smallest absolute Gasteiger partial charge is 0.135 e. The Kier molecular flexibility index (Phi) is 4.75. The van der Waals surface area contributed by atoms with Crippen LogP contribution in [0.5, 0.6) is 23.0 Å². The second kappa shape index (κ2) is 7.67. The monoisotopic (exact) mass is 353 g/mol. The van der Waals surface area contributed by atoms with E-state index in [1.165, 1.54) is 0 Å². The van der Waals surface area contributed by atoms with Gasteiger partial charge < -0.3 is 15.2 Å². The summed E-state index contributed by atoms with van der Waals surface area (Å²) in [6.07, 6.45) is 0. The first kappa shape index (κ1) is 16.7. The van der Waals surface area contributed by atoms with Gasteiger partial charge in [-0.05, 0) is 60.2 Å². The molecule has 0 aliphatic heterocycles. The minimum absolute atomic E-state index is 0.711. The van der Waals surface area contributed by atoms with E-state index in [9.17, 15) is 0 Å². The molecule has 132 valence electrons. The van der Waals surface area contributed by atoms with Crippen molar-refractivity contribution in [3.63, 3.8) is 0 Å². The molecular formula is C24H19NO2. The van der Waals surface area contributed by atoms with Crippen molar-refractivity contribution < 1.29 is 9.47 Å². The van der Waals surface area contributed by atoms with Gasteiger partial charge in [0.25, 0.3) is 0 Å². The van der Waals surface area contributed by atoms with Gasteiger partial charge in [0.1, 0.15) is 23.0 Å². The van der Waals surface area contributed by atoms with Gasteiger partial charge in [-0.2, -0.15) is 0 Å². The Morgan fingerprint density at radius 2 is 1.00 bits per heavy atom. The summed E-state index contributed by atoms with van der Waals surface area (Å²) in [5, 5.41) is 0. The normalized spacial score (nSPS) is 10.4. The number of hydrogen-bond donors (Lipinski definition) is 1. The van der Waals surface area contributed by atoms with Crippen LogP contribution < -0.4 is 15.2 Å². The van der Waals surface area contributed by atoms with E-state index in [-0.39, 0.29) is 0 Å². The highest BCUT2D eigenvalue weighted by atomic mass is 16.5. The Labute approximate surface area is 158 Å². The Bertz CT molecular complexity index is 1010. The summed E-state index contributed by atoms with van der Waals surface area (Å²) in [5.41, 5.74) is 8.58. The molecule has 27 heavy (non-hydrogen) atoms. The SMILES string of the molecule is Nc1ccc(Oc2ccc(Oc3ccccc3-c3ccccc3)cc2)cc1. The Morgan fingerprint density at radius 1 is 0.481 bits per heavy atom. The second-order valence-electron chi connectivity index (χ2n) is 6.11. The molecule has 0 saturated heterocycles. The molecule has 0 aliphatic carbocycles. The number of nitrogen functional groups attached to an aromatic ring is 1. The lowest BCUT2D eigenvalue weighted by atomic mass is 10.1. The fourth-order valence-corrected chi connectivity index (χ4v) is 2.79. The zero-order valence-electron chi connectivity index (χ0n) is 14.7. The van der Waals surface area contributed by atoms with Crippen LogP contribution in [-0.4, -0.2) is 0 Å². The van der Waals surface area contributed by atoms with Crippen molar-refractivity contribution in [2.45, 2.75) is 0 Å². The third-order valence-corrected chi connectivity index (χ3v) is 4.14. The average Bonchev–Trinajstić information content (AvgIpc) is 2.72. The Hall–Kier alpha value is -3.72. The lowest BCUT2D eigenvalue weighted by Crippen LogP contribution is -1.89. The topological polar surface area (TPSA) is 44.5 Å². The summed E-state index contributed by atoms with van der Waals surface area (Å²) in [6, 6.07) is 33.1. The quantitative estimate of drug-likeness (QED) is 0.415. The number of nitrogens with two attached hydrogens (primary N) is 1. The van der Waals surface area contributed by atoms with Crippen LogP contribution in [0.15, 0.2) is 103 Å². The van der Waals surface area contributed by atoms with Crippen molar-refractivity contribution in [1.82, 2.24) is 0 Å². The lowest BCUT2D eigenvalue weighted by Gasteiger charge is -2.12. The average molecular weight is 353 g/mol. The van der Waals surface area contributed by atoms with Gasteiger partial charge in [-0.1, -0.05) is 48.5 Å². The van der Waals surface area contributed by atoms with E-state index in [0.717, 1.165) is 34.1 Å². The van der Waals surface area contributed by atoms with Gasteiger partial charge in [0.15, 0.2) is 0 Å². The lowest BCUT2D eigenvalue weighted by molar-refractivity contribution is 0.470. The number of ether oxygens (including phenoxy) is 2. The van der Waals surface area contributed by atoms with Crippen molar-refractivity contribution >= 4 is 5.69 Å². The number of benzene rings is 4. The first-order valence-electron chi connectivity index (χ1n) is 8.74. The first-order valence-corrected chi connectivity index (χ1v) is 8.74. The molecule has 0 saturated carbocycles. The van der Waals surface area contributed by atoms with E-state index < -0.39 is 0 Å².